The summed E-state index contributed by atoms with van der Waals surface area (Å²) < 4.78 is 2.02. The highest BCUT2D eigenvalue weighted by Gasteiger charge is 2.15. The van der Waals surface area contributed by atoms with Gasteiger partial charge in [-0.1, -0.05) is 50.1 Å². The normalized spacial score (nSPS) is 11.3. The average molecular weight is 325 g/mol. The van der Waals surface area contributed by atoms with Crippen molar-refractivity contribution in [1.82, 2.24) is 14.6 Å². The molecule has 3 rings (SSSR count). The van der Waals surface area contributed by atoms with Gasteiger partial charge in [-0.05, 0) is 37.7 Å². The maximum absolute atomic E-state index is 4.77. The zero-order chi connectivity index (χ0) is 16.2. The van der Waals surface area contributed by atoms with Gasteiger partial charge in [-0.2, -0.15) is 5.10 Å². The summed E-state index contributed by atoms with van der Waals surface area (Å²) in [6, 6.07) is 12.6. The summed E-state index contributed by atoms with van der Waals surface area (Å²) in [5.41, 5.74) is 5.37. The molecule has 0 unspecified atom stereocenters. The van der Waals surface area contributed by atoms with Crippen molar-refractivity contribution in [3.63, 3.8) is 0 Å². The van der Waals surface area contributed by atoms with Crippen molar-refractivity contribution in [2.75, 3.05) is 5.75 Å². The Hall–Kier alpha value is -1.81. The molecule has 0 spiro atoms. The second kappa shape index (κ2) is 7.18. The van der Waals surface area contributed by atoms with Gasteiger partial charge in [0.05, 0.1) is 5.69 Å². The molecule has 0 aliphatic rings. The Morgan fingerprint density at radius 3 is 2.61 bits per heavy atom. The predicted molar refractivity (Wildman–Crippen MR) is 98.1 cm³/mol. The summed E-state index contributed by atoms with van der Waals surface area (Å²) in [5, 5.41) is 5.95. The highest BCUT2D eigenvalue weighted by molar-refractivity contribution is 7.99. The van der Waals surface area contributed by atoms with E-state index in [1.807, 2.05) is 22.3 Å². The van der Waals surface area contributed by atoms with Gasteiger partial charge in [0.25, 0.3) is 0 Å². The molecule has 2 heterocycles. The molecular formula is C19H23N3S. The van der Waals surface area contributed by atoms with E-state index in [0.717, 1.165) is 28.4 Å². The number of fused-ring (bicyclic) bond motifs is 1. The highest BCUT2D eigenvalue weighted by atomic mass is 32.2. The summed E-state index contributed by atoms with van der Waals surface area (Å²) in [4.78, 5) is 4.77. The maximum atomic E-state index is 4.77. The van der Waals surface area contributed by atoms with Gasteiger partial charge in [0.15, 0.2) is 5.65 Å². The van der Waals surface area contributed by atoms with Crippen LogP contribution >= 0.6 is 11.8 Å². The highest BCUT2D eigenvalue weighted by Crippen LogP contribution is 2.30. The van der Waals surface area contributed by atoms with Gasteiger partial charge in [0, 0.05) is 11.3 Å². The third-order valence-corrected chi connectivity index (χ3v) is 5.00. The zero-order valence-corrected chi connectivity index (χ0v) is 14.9. The van der Waals surface area contributed by atoms with Crippen LogP contribution in [0.4, 0.5) is 0 Å². The Kier molecular flexibility index (Phi) is 5.01. The van der Waals surface area contributed by atoms with Gasteiger partial charge in [0.1, 0.15) is 5.03 Å². The molecule has 0 radical (unpaired) electrons. The lowest BCUT2D eigenvalue weighted by Gasteiger charge is -2.06. The molecule has 0 aliphatic carbocycles. The summed E-state index contributed by atoms with van der Waals surface area (Å²) in [6.07, 6.45) is 3.79. The van der Waals surface area contributed by atoms with Crippen LogP contribution in [0.25, 0.3) is 16.8 Å². The van der Waals surface area contributed by atoms with Crippen molar-refractivity contribution >= 4 is 17.4 Å². The van der Waals surface area contributed by atoms with Crippen LogP contribution in [0, 0.1) is 13.8 Å². The van der Waals surface area contributed by atoms with Crippen molar-refractivity contribution in [2.45, 2.75) is 45.1 Å². The molecule has 0 atom stereocenters. The largest absolute Gasteiger partial charge is 0.233 e. The molecule has 0 bridgehead atoms. The van der Waals surface area contributed by atoms with Crippen molar-refractivity contribution in [3.8, 4) is 11.1 Å². The Morgan fingerprint density at radius 1 is 1.09 bits per heavy atom. The van der Waals surface area contributed by atoms with Crippen molar-refractivity contribution < 1.29 is 0 Å². The number of nitrogens with zero attached hydrogens (tertiary/aromatic N) is 3. The van der Waals surface area contributed by atoms with E-state index in [-0.39, 0.29) is 0 Å². The quantitative estimate of drug-likeness (QED) is 0.350. The van der Waals surface area contributed by atoms with Gasteiger partial charge in [0.2, 0.25) is 0 Å². The number of aromatic nitrogens is 3. The first kappa shape index (κ1) is 16.1. The molecule has 0 saturated carbocycles. The van der Waals surface area contributed by atoms with Gasteiger partial charge >= 0.3 is 0 Å². The van der Waals surface area contributed by atoms with Gasteiger partial charge in [-0.3, -0.25) is 0 Å². The lowest BCUT2D eigenvalue weighted by molar-refractivity contribution is 0.774. The molecular weight excluding hydrogens is 302 g/mol. The molecule has 4 heteroatoms. The van der Waals surface area contributed by atoms with Gasteiger partial charge < -0.3 is 0 Å². The first-order valence-electron chi connectivity index (χ1n) is 8.26. The maximum Gasteiger partial charge on any atom is 0.164 e. The van der Waals surface area contributed by atoms with E-state index in [0.29, 0.717) is 0 Å². The molecule has 0 saturated heterocycles. The molecule has 0 fully saturated rings. The molecule has 3 nitrogen and oxygen atoms in total. The van der Waals surface area contributed by atoms with Gasteiger partial charge in [-0.25, -0.2) is 9.50 Å². The van der Waals surface area contributed by atoms with Crippen LogP contribution in [-0.4, -0.2) is 20.4 Å². The summed E-state index contributed by atoms with van der Waals surface area (Å²) in [5.74, 6) is 1.13. The van der Waals surface area contributed by atoms with E-state index in [4.69, 9.17) is 10.1 Å². The Labute approximate surface area is 142 Å². The summed E-state index contributed by atoms with van der Waals surface area (Å²) >= 11 is 1.88. The molecule has 120 valence electrons. The molecule has 2 aromatic heterocycles. The van der Waals surface area contributed by atoms with E-state index < -0.39 is 0 Å². The number of aryl methyl sites for hydroxylation is 2. The number of benzene rings is 1. The molecule has 0 amide bonds. The number of thioether (sulfide) groups is 1. The first-order valence-corrected chi connectivity index (χ1v) is 9.24. The number of hydrogen-bond acceptors (Lipinski definition) is 3. The van der Waals surface area contributed by atoms with Crippen LogP contribution < -0.4 is 0 Å². The predicted octanol–water partition coefficient (Wildman–Crippen LogP) is 5.30. The number of rotatable bonds is 6. The van der Waals surface area contributed by atoms with E-state index >= 15 is 0 Å². The van der Waals surface area contributed by atoms with Crippen molar-refractivity contribution in [2.24, 2.45) is 0 Å². The Morgan fingerprint density at radius 2 is 1.87 bits per heavy atom. The van der Waals surface area contributed by atoms with Crippen molar-refractivity contribution in [3.05, 3.63) is 47.8 Å². The SMILES string of the molecule is CCCCCSc1cc(C)nc2c(-c3ccccc3)c(C)nn12. The van der Waals surface area contributed by atoms with Crippen LogP contribution in [0.15, 0.2) is 41.4 Å². The standard InChI is InChI=1S/C19H23N3S/c1-4-5-9-12-23-17-13-14(2)20-19-18(15(3)21-22(17)19)16-10-7-6-8-11-16/h6-8,10-11,13H,4-5,9,12H2,1-3H3. The second-order valence-electron chi connectivity index (χ2n) is 5.85. The fraction of sp³-hybridized carbons (Fsp3) is 0.368. The topological polar surface area (TPSA) is 30.2 Å². The van der Waals surface area contributed by atoms with Gasteiger partial charge in [-0.15, -0.1) is 11.8 Å². The Balaban J connectivity index is 2.04. The van der Waals surface area contributed by atoms with Crippen molar-refractivity contribution in [1.29, 1.82) is 0 Å². The van der Waals surface area contributed by atoms with E-state index in [1.165, 1.54) is 29.9 Å². The fourth-order valence-electron chi connectivity index (χ4n) is 2.79. The molecule has 0 N–H and O–H groups in total. The second-order valence-corrected chi connectivity index (χ2v) is 6.97. The third-order valence-electron chi connectivity index (χ3n) is 3.92. The minimum absolute atomic E-state index is 0.965. The zero-order valence-electron chi connectivity index (χ0n) is 14.0. The van der Waals surface area contributed by atoms with E-state index in [9.17, 15) is 0 Å². The molecule has 3 aromatic rings. The third kappa shape index (κ3) is 3.42. The number of unbranched alkanes of at least 4 members (excludes halogenated alkanes) is 2. The minimum atomic E-state index is 0.965. The van der Waals surface area contributed by atoms with Crippen LogP contribution in [0.2, 0.25) is 0 Å². The smallest absolute Gasteiger partial charge is 0.164 e. The van der Waals surface area contributed by atoms with Crippen LogP contribution in [0.5, 0.6) is 0 Å². The molecule has 1 aromatic carbocycles. The summed E-state index contributed by atoms with van der Waals surface area (Å²) in [6.45, 7) is 6.37. The molecule has 23 heavy (non-hydrogen) atoms. The van der Waals surface area contributed by atoms with Crippen LogP contribution in [-0.2, 0) is 0 Å². The van der Waals surface area contributed by atoms with E-state index in [2.05, 4.69) is 51.1 Å². The summed E-state index contributed by atoms with van der Waals surface area (Å²) in [7, 11) is 0. The average Bonchev–Trinajstić information content (AvgIpc) is 2.88. The Bertz CT molecular complexity index is 793. The lowest BCUT2D eigenvalue weighted by Crippen LogP contribution is -1.98. The van der Waals surface area contributed by atoms with E-state index in [1.54, 1.807) is 0 Å². The molecule has 0 aliphatic heterocycles. The lowest BCUT2D eigenvalue weighted by atomic mass is 10.1. The monoisotopic (exact) mass is 325 g/mol. The van der Waals surface area contributed by atoms with Crippen LogP contribution in [0.1, 0.15) is 37.6 Å². The number of hydrogen-bond donors (Lipinski definition) is 0. The van der Waals surface area contributed by atoms with Crippen LogP contribution in [0.3, 0.4) is 0 Å². The first-order chi connectivity index (χ1) is 11.2. The fourth-order valence-corrected chi connectivity index (χ4v) is 3.85. The minimum Gasteiger partial charge on any atom is -0.233 e.